The molecule has 1 N–H and O–H groups in total. The molecule has 0 aliphatic rings. The number of aliphatic hydroxyl groups excluding tert-OH is 1. The lowest BCUT2D eigenvalue weighted by molar-refractivity contribution is 0.187. The Morgan fingerprint density at radius 3 is 2.65 bits per heavy atom. The molecular formula is C15H9ClF2O2. The van der Waals surface area contributed by atoms with Crippen LogP contribution in [-0.4, -0.2) is 5.11 Å². The van der Waals surface area contributed by atoms with Crippen LogP contribution in [0.25, 0.3) is 11.0 Å². The first-order valence-electron chi connectivity index (χ1n) is 5.86. The third-order valence-electron chi connectivity index (χ3n) is 3.02. The van der Waals surface area contributed by atoms with Crippen LogP contribution in [0.2, 0.25) is 5.02 Å². The molecule has 0 saturated carbocycles. The van der Waals surface area contributed by atoms with Crippen LogP contribution in [-0.2, 0) is 0 Å². The Balaban J connectivity index is 2.07. The fourth-order valence-corrected chi connectivity index (χ4v) is 2.23. The molecule has 5 heteroatoms. The topological polar surface area (TPSA) is 33.4 Å². The number of benzene rings is 2. The van der Waals surface area contributed by atoms with Crippen LogP contribution < -0.4 is 0 Å². The summed E-state index contributed by atoms with van der Waals surface area (Å²) in [6.07, 6.45) is -1.38. The molecule has 2 aromatic carbocycles. The predicted molar refractivity (Wildman–Crippen MR) is 71.6 cm³/mol. The number of furan rings is 1. The highest BCUT2D eigenvalue weighted by molar-refractivity contribution is 6.31. The molecule has 3 aromatic rings. The van der Waals surface area contributed by atoms with Gasteiger partial charge in [-0.05, 0) is 42.5 Å². The fraction of sp³-hybridized carbons (Fsp3) is 0.0667. The maximum atomic E-state index is 13.6. The molecule has 102 valence electrons. The van der Waals surface area contributed by atoms with Crippen molar-refractivity contribution in [1.82, 2.24) is 0 Å². The molecule has 1 aromatic heterocycles. The lowest BCUT2D eigenvalue weighted by Gasteiger charge is -2.09. The van der Waals surface area contributed by atoms with Crippen LogP contribution in [0.4, 0.5) is 8.78 Å². The summed E-state index contributed by atoms with van der Waals surface area (Å²) in [5.41, 5.74) is 0.343. The van der Waals surface area contributed by atoms with E-state index in [2.05, 4.69) is 0 Å². The highest BCUT2D eigenvalue weighted by atomic mass is 35.5. The molecule has 3 rings (SSSR count). The quantitative estimate of drug-likeness (QED) is 0.757. The average Bonchev–Trinajstić information content (AvgIpc) is 2.83. The van der Waals surface area contributed by atoms with Gasteiger partial charge < -0.3 is 9.52 Å². The maximum absolute atomic E-state index is 13.6. The Bertz CT molecular complexity index is 783. The minimum absolute atomic E-state index is 0.131. The predicted octanol–water partition coefficient (Wildman–Crippen LogP) is 4.45. The Kier molecular flexibility index (Phi) is 3.20. The number of hydrogen-bond donors (Lipinski definition) is 1. The monoisotopic (exact) mass is 294 g/mol. The Morgan fingerprint density at radius 2 is 1.85 bits per heavy atom. The molecule has 0 saturated heterocycles. The lowest BCUT2D eigenvalue weighted by atomic mass is 10.1. The first kappa shape index (κ1) is 13.1. The molecule has 0 amide bonds. The summed E-state index contributed by atoms with van der Waals surface area (Å²) in [6.45, 7) is 0. The standard InChI is InChI=1S/C15H9ClF2O2/c16-9-1-4-13-8(5-9)6-14(20-13)15(19)11-7-10(17)2-3-12(11)18/h1-7,15,19H. The van der Waals surface area contributed by atoms with Crippen molar-refractivity contribution < 1.29 is 18.3 Å². The van der Waals surface area contributed by atoms with E-state index >= 15 is 0 Å². The van der Waals surface area contributed by atoms with Crippen LogP contribution in [0, 0.1) is 11.6 Å². The third-order valence-corrected chi connectivity index (χ3v) is 3.25. The van der Waals surface area contributed by atoms with Gasteiger partial charge in [-0.15, -0.1) is 0 Å². The average molecular weight is 295 g/mol. The Morgan fingerprint density at radius 1 is 1.05 bits per heavy atom. The zero-order valence-electron chi connectivity index (χ0n) is 10.1. The normalized spacial score (nSPS) is 12.8. The van der Waals surface area contributed by atoms with Gasteiger partial charge in [0.2, 0.25) is 0 Å². The van der Waals surface area contributed by atoms with Crippen molar-refractivity contribution in [2.24, 2.45) is 0 Å². The first-order chi connectivity index (χ1) is 9.54. The van der Waals surface area contributed by atoms with E-state index in [1.54, 1.807) is 24.3 Å². The van der Waals surface area contributed by atoms with Crippen LogP contribution in [0.1, 0.15) is 17.4 Å². The van der Waals surface area contributed by atoms with E-state index < -0.39 is 17.7 Å². The summed E-state index contributed by atoms with van der Waals surface area (Å²) in [5.74, 6) is -1.19. The zero-order chi connectivity index (χ0) is 14.3. The van der Waals surface area contributed by atoms with Crippen LogP contribution >= 0.6 is 11.6 Å². The van der Waals surface area contributed by atoms with Crippen LogP contribution in [0.3, 0.4) is 0 Å². The molecule has 20 heavy (non-hydrogen) atoms. The van der Waals surface area contributed by atoms with Gasteiger partial charge in [-0.25, -0.2) is 8.78 Å². The summed E-state index contributed by atoms with van der Waals surface area (Å²) < 4.78 is 32.2. The van der Waals surface area contributed by atoms with E-state index in [9.17, 15) is 13.9 Å². The van der Waals surface area contributed by atoms with Crippen molar-refractivity contribution in [3.8, 4) is 0 Å². The van der Waals surface area contributed by atoms with Gasteiger partial charge in [0.25, 0.3) is 0 Å². The van der Waals surface area contributed by atoms with E-state index in [0.717, 1.165) is 18.2 Å². The van der Waals surface area contributed by atoms with Crippen LogP contribution in [0.5, 0.6) is 0 Å². The third kappa shape index (κ3) is 2.28. The second-order valence-electron chi connectivity index (χ2n) is 4.40. The maximum Gasteiger partial charge on any atom is 0.140 e. The minimum atomic E-state index is -1.38. The Hall–Kier alpha value is -1.91. The molecule has 1 atom stereocenters. The van der Waals surface area contributed by atoms with E-state index in [0.29, 0.717) is 16.0 Å². The van der Waals surface area contributed by atoms with E-state index in [-0.39, 0.29) is 11.3 Å². The molecule has 1 heterocycles. The van der Waals surface area contributed by atoms with E-state index in [1.165, 1.54) is 0 Å². The second-order valence-corrected chi connectivity index (χ2v) is 4.84. The zero-order valence-corrected chi connectivity index (χ0v) is 10.9. The SMILES string of the molecule is OC(c1cc2cc(Cl)ccc2o1)c1cc(F)ccc1F. The highest BCUT2D eigenvalue weighted by Gasteiger charge is 2.20. The number of halogens is 3. The fourth-order valence-electron chi connectivity index (χ4n) is 2.05. The van der Waals surface area contributed by atoms with Gasteiger partial charge in [0, 0.05) is 16.0 Å². The number of fused-ring (bicyclic) bond motifs is 1. The summed E-state index contributed by atoms with van der Waals surface area (Å²) >= 11 is 5.86. The smallest absolute Gasteiger partial charge is 0.140 e. The molecule has 0 spiro atoms. The molecule has 0 fully saturated rings. The summed E-state index contributed by atoms with van der Waals surface area (Å²) in [6, 6.07) is 9.41. The molecule has 2 nitrogen and oxygen atoms in total. The summed E-state index contributed by atoms with van der Waals surface area (Å²) in [5, 5.41) is 11.3. The molecule has 0 aliphatic carbocycles. The molecule has 0 radical (unpaired) electrons. The lowest BCUT2D eigenvalue weighted by Crippen LogP contribution is -2.02. The van der Waals surface area contributed by atoms with Crippen molar-refractivity contribution in [1.29, 1.82) is 0 Å². The van der Waals surface area contributed by atoms with Crippen molar-refractivity contribution in [3.63, 3.8) is 0 Å². The molecule has 0 bridgehead atoms. The number of aliphatic hydroxyl groups is 1. The van der Waals surface area contributed by atoms with Gasteiger partial charge in [0.05, 0.1) is 0 Å². The second kappa shape index (κ2) is 4.89. The van der Waals surface area contributed by atoms with Gasteiger partial charge in [0.1, 0.15) is 29.1 Å². The van der Waals surface area contributed by atoms with Gasteiger partial charge in [0.15, 0.2) is 0 Å². The molecule has 0 aliphatic heterocycles. The van der Waals surface area contributed by atoms with Gasteiger partial charge >= 0.3 is 0 Å². The highest BCUT2D eigenvalue weighted by Crippen LogP contribution is 2.31. The van der Waals surface area contributed by atoms with Crippen LogP contribution in [0.15, 0.2) is 46.9 Å². The Labute approximate surface area is 118 Å². The first-order valence-corrected chi connectivity index (χ1v) is 6.24. The van der Waals surface area contributed by atoms with E-state index in [1.807, 2.05) is 0 Å². The van der Waals surface area contributed by atoms with Gasteiger partial charge in [-0.1, -0.05) is 11.6 Å². The van der Waals surface area contributed by atoms with Gasteiger partial charge in [-0.2, -0.15) is 0 Å². The largest absolute Gasteiger partial charge is 0.458 e. The summed E-state index contributed by atoms with van der Waals surface area (Å²) in [4.78, 5) is 0. The van der Waals surface area contributed by atoms with Crippen molar-refractivity contribution in [3.05, 3.63) is 70.4 Å². The minimum Gasteiger partial charge on any atom is -0.458 e. The van der Waals surface area contributed by atoms with E-state index in [4.69, 9.17) is 16.0 Å². The molecule has 1 unspecified atom stereocenters. The number of rotatable bonds is 2. The van der Waals surface area contributed by atoms with Gasteiger partial charge in [-0.3, -0.25) is 0 Å². The summed E-state index contributed by atoms with van der Waals surface area (Å²) in [7, 11) is 0. The number of hydrogen-bond acceptors (Lipinski definition) is 2. The van der Waals surface area contributed by atoms with Crippen molar-refractivity contribution in [2.45, 2.75) is 6.10 Å². The van der Waals surface area contributed by atoms with Crippen molar-refractivity contribution >= 4 is 22.6 Å². The van der Waals surface area contributed by atoms with Crippen molar-refractivity contribution in [2.75, 3.05) is 0 Å². The molecular weight excluding hydrogens is 286 g/mol.